The molecule has 0 spiro atoms. The Kier molecular flexibility index (Phi) is 3.82. The molecule has 0 amide bonds. The van der Waals surface area contributed by atoms with Gasteiger partial charge in [-0.3, -0.25) is 0 Å². The molecule has 3 rings (SSSR count). The average Bonchev–Trinajstić information content (AvgIpc) is 2.69. The Bertz CT molecular complexity index is 782. The number of rotatable bonds is 1. The van der Waals surface area contributed by atoms with Gasteiger partial charge in [-0.05, 0) is 52.9 Å². The Morgan fingerprint density at radius 2 is 1.68 bits per heavy atom. The SMILES string of the molecule is Clc1ccc(Br)c(-c2oc3cc(Cl)ccc3c2I)c1. The molecule has 0 bridgehead atoms. The van der Waals surface area contributed by atoms with Gasteiger partial charge in [0.15, 0.2) is 0 Å². The van der Waals surface area contributed by atoms with Crippen LogP contribution >= 0.6 is 61.7 Å². The van der Waals surface area contributed by atoms with Crippen molar-refractivity contribution in [2.24, 2.45) is 0 Å². The molecule has 1 nitrogen and oxygen atoms in total. The van der Waals surface area contributed by atoms with Crippen molar-refractivity contribution in [3.63, 3.8) is 0 Å². The second-order valence-corrected chi connectivity index (χ2v) is 6.82. The molecule has 0 saturated carbocycles. The van der Waals surface area contributed by atoms with Gasteiger partial charge in [0.2, 0.25) is 0 Å². The summed E-state index contributed by atoms with van der Waals surface area (Å²) in [5, 5.41) is 2.38. The molecule has 1 heterocycles. The normalized spacial score (nSPS) is 11.2. The first-order valence-electron chi connectivity index (χ1n) is 5.39. The van der Waals surface area contributed by atoms with E-state index in [1.54, 1.807) is 0 Å². The van der Waals surface area contributed by atoms with Crippen LogP contribution in [0.3, 0.4) is 0 Å². The first-order valence-corrected chi connectivity index (χ1v) is 8.02. The van der Waals surface area contributed by atoms with Crippen molar-refractivity contribution in [1.29, 1.82) is 0 Å². The van der Waals surface area contributed by atoms with Gasteiger partial charge in [-0.15, -0.1) is 0 Å². The molecule has 0 atom stereocenters. The summed E-state index contributed by atoms with van der Waals surface area (Å²) in [5.74, 6) is 0.798. The number of benzene rings is 2. The van der Waals surface area contributed by atoms with E-state index in [9.17, 15) is 0 Å². The predicted octanol–water partition coefficient (Wildman–Crippen LogP) is 6.77. The summed E-state index contributed by atoms with van der Waals surface area (Å²) >= 11 is 17.8. The molecule has 0 fully saturated rings. The number of hydrogen-bond donors (Lipinski definition) is 0. The summed E-state index contributed by atoms with van der Waals surface area (Å²) in [6.45, 7) is 0. The lowest BCUT2D eigenvalue weighted by Crippen LogP contribution is -1.80. The summed E-state index contributed by atoms with van der Waals surface area (Å²) in [6.07, 6.45) is 0. The number of fused-ring (bicyclic) bond motifs is 1. The van der Waals surface area contributed by atoms with Gasteiger partial charge in [-0.2, -0.15) is 0 Å². The van der Waals surface area contributed by atoms with Gasteiger partial charge >= 0.3 is 0 Å². The molecule has 5 heteroatoms. The first kappa shape index (κ1) is 13.7. The number of halogens is 4. The fraction of sp³-hybridized carbons (Fsp3) is 0. The maximum atomic E-state index is 6.06. The maximum absolute atomic E-state index is 6.06. The molecule has 19 heavy (non-hydrogen) atoms. The Morgan fingerprint density at radius 1 is 1.00 bits per heavy atom. The highest BCUT2D eigenvalue weighted by Gasteiger charge is 2.16. The van der Waals surface area contributed by atoms with Crippen molar-refractivity contribution in [2.45, 2.75) is 0 Å². The zero-order valence-electron chi connectivity index (χ0n) is 9.38. The third kappa shape index (κ3) is 2.53. The summed E-state index contributed by atoms with van der Waals surface area (Å²) < 4.78 is 7.91. The lowest BCUT2D eigenvalue weighted by Gasteiger charge is -2.02. The smallest absolute Gasteiger partial charge is 0.149 e. The van der Waals surface area contributed by atoms with Gasteiger partial charge in [-0.25, -0.2) is 0 Å². The molecular weight excluding hydrogens is 462 g/mol. The molecule has 1 aromatic heterocycles. The largest absolute Gasteiger partial charge is 0.455 e. The lowest BCUT2D eigenvalue weighted by atomic mass is 10.1. The lowest BCUT2D eigenvalue weighted by molar-refractivity contribution is 0.629. The minimum absolute atomic E-state index is 0.661. The van der Waals surface area contributed by atoms with E-state index >= 15 is 0 Å². The van der Waals surface area contributed by atoms with Gasteiger partial charge in [0.1, 0.15) is 11.3 Å². The Labute approximate surface area is 142 Å². The van der Waals surface area contributed by atoms with Crippen molar-refractivity contribution < 1.29 is 4.42 Å². The third-order valence-electron chi connectivity index (χ3n) is 2.76. The second-order valence-electron chi connectivity index (χ2n) is 4.01. The molecule has 0 saturated heterocycles. The maximum Gasteiger partial charge on any atom is 0.149 e. The van der Waals surface area contributed by atoms with E-state index < -0.39 is 0 Å². The fourth-order valence-electron chi connectivity index (χ4n) is 1.88. The van der Waals surface area contributed by atoms with Crippen LogP contribution in [0.2, 0.25) is 10.0 Å². The Hall–Kier alpha value is -0.230. The van der Waals surface area contributed by atoms with Gasteiger partial charge < -0.3 is 4.42 Å². The topological polar surface area (TPSA) is 13.1 Å². The van der Waals surface area contributed by atoms with E-state index in [1.807, 2.05) is 36.4 Å². The highest BCUT2D eigenvalue weighted by atomic mass is 127. The minimum Gasteiger partial charge on any atom is -0.455 e. The fourth-order valence-corrected chi connectivity index (χ4v) is 3.49. The van der Waals surface area contributed by atoms with Gasteiger partial charge in [0, 0.05) is 31.5 Å². The van der Waals surface area contributed by atoms with Crippen molar-refractivity contribution in [1.82, 2.24) is 0 Å². The van der Waals surface area contributed by atoms with Crippen LogP contribution in [-0.2, 0) is 0 Å². The monoisotopic (exact) mass is 466 g/mol. The van der Waals surface area contributed by atoms with Crippen LogP contribution in [0.4, 0.5) is 0 Å². The summed E-state index contributed by atoms with van der Waals surface area (Å²) in [7, 11) is 0. The molecule has 3 aromatic rings. The van der Waals surface area contributed by atoms with E-state index in [-0.39, 0.29) is 0 Å². The van der Waals surface area contributed by atoms with E-state index in [1.165, 1.54) is 0 Å². The van der Waals surface area contributed by atoms with Crippen molar-refractivity contribution >= 4 is 72.7 Å². The molecule has 2 aromatic carbocycles. The molecule has 96 valence electrons. The summed E-state index contributed by atoms with van der Waals surface area (Å²) in [6, 6.07) is 11.3. The third-order valence-corrected chi connectivity index (χ3v) is 5.00. The van der Waals surface area contributed by atoms with Crippen LogP contribution < -0.4 is 0 Å². The highest BCUT2D eigenvalue weighted by Crippen LogP contribution is 2.39. The van der Waals surface area contributed by atoms with E-state index in [2.05, 4.69) is 38.5 Å². The van der Waals surface area contributed by atoms with E-state index in [0.717, 1.165) is 30.3 Å². The van der Waals surface area contributed by atoms with E-state index in [0.29, 0.717) is 10.0 Å². The van der Waals surface area contributed by atoms with Crippen LogP contribution in [0.15, 0.2) is 45.3 Å². The number of furan rings is 1. The van der Waals surface area contributed by atoms with Gasteiger partial charge in [0.05, 0.1) is 3.57 Å². The zero-order valence-corrected chi connectivity index (χ0v) is 14.6. The van der Waals surface area contributed by atoms with Crippen LogP contribution in [-0.4, -0.2) is 0 Å². The van der Waals surface area contributed by atoms with Crippen LogP contribution in [0.5, 0.6) is 0 Å². The molecule has 0 N–H and O–H groups in total. The quantitative estimate of drug-likeness (QED) is 0.360. The Morgan fingerprint density at radius 3 is 2.47 bits per heavy atom. The standard InChI is InChI=1S/C14H6BrCl2IO/c15-11-4-2-7(16)5-10(11)14-13(18)9-3-1-8(17)6-12(9)19-14/h1-6H. The van der Waals surface area contributed by atoms with Gasteiger partial charge in [-0.1, -0.05) is 39.1 Å². The predicted molar refractivity (Wildman–Crippen MR) is 92.1 cm³/mol. The van der Waals surface area contributed by atoms with Gasteiger partial charge in [0.25, 0.3) is 0 Å². The minimum atomic E-state index is 0.661. The molecular formula is C14H6BrCl2IO. The molecule has 0 unspecified atom stereocenters. The first-order chi connectivity index (χ1) is 9.06. The van der Waals surface area contributed by atoms with Crippen LogP contribution in [0, 0.1) is 3.57 Å². The molecule has 0 aliphatic carbocycles. The molecule has 0 radical (unpaired) electrons. The van der Waals surface area contributed by atoms with Crippen molar-refractivity contribution in [3.05, 3.63) is 54.5 Å². The van der Waals surface area contributed by atoms with E-state index in [4.69, 9.17) is 27.6 Å². The van der Waals surface area contributed by atoms with Crippen molar-refractivity contribution in [3.8, 4) is 11.3 Å². The molecule has 0 aliphatic rings. The van der Waals surface area contributed by atoms with Crippen LogP contribution in [0.1, 0.15) is 0 Å². The average molecular weight is 468 g/mol. The van der Waals surface area contributed by atoms with Crippen molar-refractivity contribution in [2.75, 3.05) is 0 Å². The second kappa shape index (κ2) is 5.28. The summed E-state index contributed by atoms with van der Waals surface area (Å²) in [5.41, 5.74) is 1.71. The zero-order chi connectivity index (χ0) is 13.6. The molecule has 0 aliphatic heterocycles. The van der Waals surface area contributed by atoms with Crippen LogP contribution in [0.25, 0.3) is 22.3 Å². The Balaban J connectivity index is 2.30. The summed E-state index contributed by atoms with van der Waals surface area (Å²) in [4.78, 5) is 0. The highest BCUT2D eigenvalue weighted by molar-refractivity contribution is 14.1. The number of hydrogen-bond acceptors (Lipinski definition) is 1.